The molecule has 0 bridgehead atoms. The van der Waals surface area contributed by atoms with Crippen LogP contribution in [0.25, 0.3) is 0 Å². The maximum Gasteiger partial charge on any atom is 0.120 e. The first kappa shape index (κ1) is 49.7. The third-order valence-electron chi connectivity index (χ3n) is 11.9. The summed E-state index contributed by atoms with van der Waals surface area (Å²) < 4.78 is 0. The molecule has 0 aliphatic carbocycles. The lowest BCUT2D eigenvalue weighted by atomic mass is 9.92. The van der Waals surface area contributed by atoms with E-state index in [1.165, 1.54) is 289 Å². The van der Waals surface area contributed by atoms with Gasteiger partial charge in [-0.25, -0.2) is 0 Å². The molecule has 0 radical (unpaired) electrons. The van der Waals surface area contributed by atoms with Crippen LogP contribution in [0.5, 0.6) is 0 Å². The van der Waals surface area contributed by atoms with Crippen molar-refractivity contribution in [1.82, 2.24) is 0 Å². The van der Waals surface area contributed by atoms with Gasteiger partial charge in [-0.05, 0) is 5.92 Å². The average molecular weight is 703 g/mol. The first-order valence-corrected chi connectivity index (χ1v) is 24.3. The molecule has 0 N–H and O–H groups in total. The molecule has 0 heterocycles. The molecule has 0 aromatic rings. The van der Waals surface area contributed by atoms with Crippen LogP contribution in [0.4, 0.5) is 0 Å². The summed E-state index contributed by atoms with van der Waals surface area (Å²) in [5, 5.41) is 0. The van der Waals surface area contributed by atoms with E-state index in [1.54, 1.807) is 0 Å². The van der Waals surface area contributed by atoms with Gasteiger partial charge in [0.2, 0.25) is 0 Å². The van der Waals surface area contributed by atoms with Crippen LogP contribution in [0.2, 0.25) is 0 Å². The number of rotatable bonds is 46. The molecule has 0 rings (SSSR count). The van der Waals surface area contributed by atoms with E-state index in [4.69, 9.17) is 0 Å². The standard InChI is InChI=1S/C49H98O/c1-3-5-7-9-11-13-15-17-19-21-23-25-26-28-30-32-34-36-38-40-42-44-46-49(47-48-50)45-43-41-39-37-35-33-31-29-27-24-22-20-18-16-14-12-10-8-6-4-2/h48-49H,3-47H2,1-2H3. The molecule has 0 aliphatic heterocycles. The largest absolute Gasteiger partial charge is 0.303 e. The zero-order valence-electron chi connectivity index (χ0n) is 35.4. The van der Waals surface area contributed by atoms with E-state index in [1.807, 2.05) is 0 Å². The Morgan fingerprint density at radius 2 is 0.420 bits per heavy atom. The molecule has 0 aliphatic rings. The van der Waals surface area contributed by atoms with Crippen molar-refractivity contribution in [3.8, 4) is 0 Å². The van der Waals surface area contributed by atoms with Crippen molar-refractivity contribution in [2.24, 2.45) is 5.92 Å². The normalized spacial score (nSPS) is 12.2. The van der Waals surface area contributed by atoms with Gasteiger partial charge in [0.05, 0.1) is 0 Å². The van der Waals surface area contributed by atoms with Crippen molar-refractivity contribution in [2.45, 2.75) is 303 Å². The van der Waals surface area contributed by atoms with Crippen molar-refractivity contribution in [3.63, 3.8) is 0 Å². The topological polar surface area (TPSA) is 17.1 Å². The molecule has 0 amide bonds. The molecule has 0 saturated carbocycles. The molecule has 1 atom stereocenters. The van der Waals surface area contributed by atoms with Crippen molar-refractivity contribution in [3.05, 3.63) is 0 Å². The molecule has 0 aromatic heterocycles. The highest BCUT2D eigenvalue weighted by Gasteiger charge is 2.08. The zero-order chi connectivity index (χ0) is 36.1. The molecule has 50 heavy (non-hydrogen) atoms. The van der Waals surface area contributed by atoms with Crippen molar-refractivity contribution < 1.29 is 4.79 Å². The molecule has 300 valence electrons. The molecule has 1 unspecified atom stereocenters. The van der Waals surface area contributed by atoms with Gasteiger partial charge in [-0.3, -0.25) is 0 Å². The van der Waals surface area contributed by atoms with Crippen LogP contribution in [-0.2, 0) is 4.79 Å². The summed E-state index contributed by atoms with van der Waals surface area (Å²) in [5.74, 6) is 0.660. The van der Waals surface area contributed by atoms with Crippen molar-refractivity contribution in [1.29, 1.82) is 0 Å². The summed E-state index contributed by atoms with van der Waals surface area (Å²) in [6.45, 7) is 4.61. The minimum atomic E-state index is 0.660. The zero-order valence-corrected chi connectivity index (χ0v) is 35.4. The van der Waals surface area contributed by atoms with Gasteiger partial charge in [0.1, 0.15) is 6.29 Å². The molecule has 0 fully saturated rings. The monoisotopic (exact) mass is 703 g/mol. The van der Waals surface area contributed by atoms with E-state index in [0.29, 0.717) is 5.92 Å². The predicted molar refractivity (Wildman–Crippen MR) is 229 cm³/mol. The number of hydrogen-bond acceptors (Lipinski definition) is 1. The van der Waals surface area contributed by atoms with Crippen LogP contribution in [0.15, 0.2) is 0 Å². The fourth-order valence-electron chi connectivity index (χ4n) is 8.25. The first-order chi connectivity index (χ1) is 24.8. The molecule has 0 saturated heterocycles. The van der Waals surface area contributed by atoms with Gasteiger partial charge >= 0.3 is 0 Å². The predicted octanol–water partition coefficient (Wildman–Crippen LogP) is 18.4. The Morgan fingerprint density at radius 3 is 0.580 bits per heavy atom. The van der Waals surface area contributed by atoms with Gasteiger partial charge in [-0.1, -0.05) is 296 Å². The van der Waals surface area contributed by atoms with E-state index in [0.717, 1.165) is 6.42 Å². The van der Waals surface area contributed by atoms with Gasteiger partial charge < -0.3 is 4.79 Å². The Balaban J connectivity index is 3.32. The minimum Gasteiger partial charge on any atom is -0.303 e. The highest BCUT2D eigenvalue weighted by molar-refractivity contribution is 5.49. The maximum absolute atomic E-state index is 11.2. The minimum absolute atomic E-state index is 0.660. The molecule has 0 aromatic carbocycles. The Bertz CT molecular complexity index is 584. The van der Waals surface area contributed by atoms with Crippen molar-refractivity contribution >= 4 is 6.29 Å². The highest BCUT2D eigenvalue weighted by Crippen LogP contribution is 2.22. The second-order valence-corrected chi connectivity index (χ2v) is 17.0. The van der Waals surface area contributed by atoms with Crippen LogP contribution in [-0.4, -0.2) is 6.29 Å². The Morgan fingerprint density at radius 1 is 0.260 bits per heavy atom. The van der Waals surface area contributed by atoms with Gasteiger partial charge in [0.25, 0.3) is 0 Å². The lowest BCUT2D eigenvalue weighted by molar-refractivity contribution is -0.108. The van der Waals surface area contributed by atoms with Gasteiger partial charge in [0, 0.05) is 6.42 Å². The fraction of sp³-hybridized carbons (Fsp3) is 0.980. The van der Waals surface area contributed by atoms with Crippen LogP contribution >= 0.6 is 0 Å². The third-order valence-corrected chi connectivity index (χ3v) is 11.9. The van der Waals surface area contributed by atoms with Crippen LogP contribution in [0.1, 0.15) is 303 Å². The van der Waals surface area contributed by atoms with Gasteiger partial charge in [-0.15, -0.1) is 0 Å². The van der Waals surface area contributed by atoms with E-state index >= 15 is 0 Å². The number of carbonyl (C=O) groups is 1. The second kappa shape index (κ2) is 46.7. The second-order valence-electron chi connectivity index (χ2n) is 17.0. The summed E-state index contributed by atoms with van der Waals surface area (Å²) in [4.78, 5) is 11.2. The summed E-state index contributed by atoms with van der Waals surface area (Å²) in [6, 6.07) is 0. The van der Waals surface area contributed by atoms with Crippen LogP contribution < -0.4 is 0 Å². The summed E-state index contributed by atoms with van der Waals surface area (Å²) in [7, 11) is 0. The summed E-state index contributed by atoms with van der Waals surface area (Å²) in [6.07, 6.45) is 65.3. The molecule has 0 spiro atoms. The number of aldehydes is 1. The molecule has 1 heteroatoms. The number of carbonyl (C=O) groups excluding carboxylic acids is 1. The fourth-order valence-corrected chi connectivity index (χ4v) is 8.25. The van der Waals surface area contributed by atoms with Crippen molar-refractivity contribution in [2.75, 3.05) is 0 Å². The lowest BCUT2D eigenvalue weighted by Crippen LogP contribution is -2.02. The smallest absolute Gasteiger partial charge is 0.120 e. The number of unbranched alkanes of at least 4 members (excludes halogenated alkanes) is 40. The highest BCUT2D eigenvalue weighted by atomic mass is 16.1. The molecular weight excluding hydrogens is 605 g/mol. The third kappa shape index (κ3) is 43.8. The first-order valence-electron chi connectivity index (χ1n) is 24.3. The average Bonchev–Trinajstić information content (AvgIpc) is 3.12. The Kier molecular flexibility index (Phi) is 46.4. The van der Waals surface area contributed by atoms with Crippen LogP contribution in [0, 0.1) is 5.92 Å². The van der Waals surface area contributed by atoms with E-state index < -0.39 is 0 Å². The van der Waals surface area contributed by atoms with E-state index in [-0.39, 0.29) is 0 Å². The maximum atomic E-state index is 11.2. The van der Waals surface area contributed by atoms with E-state index in [2.05, 4.69) is 13.8 Å². The van der Waals surface area contributed by atoms with Gasteiger partial charge in [0.15, 0.2) is 0 Å². The quantitative estimate of drug-likeness (QED) is 0.0456. The van der Waals surface area contributed by atoms with Crippen LogP contribution in [0.3, 0.4) is 0 Å². The van der Waals surface area contributed by atoms with E-state index in [9.17, 15) is 4.79 Å². The SMILES string of the molecule is CCCCCCCCCCCCCCCCCCCCCCCCC(CC=O)CCCCCCCCCCCCCCCCCCCCCC. The Hall–Kier alpha value is -0.330. The number of hydrogen-bond donors (Lipinski definition) is 0. The lowest BCUT2D eigenvalue weighted by Gasteiger charge is -2.14. The summed E-state index contributed by atoms with van der Waals surface area (Å²) in [5.41, 5.74) is 0. The van der Waals surface area contributed by atoms with Gasteiger partial charge in [-0.2, -0.15) is 0 Å². The molecule has 1 nitrogen and oxygen atoms in total. The summed E-state index contributed by atoms with van der Waals surface area (Å²) >= 11 is 0. The molecular formula is C49H98O. The Labute approximate surface area is 318 Å².